The Kier molecular flexibility index (Phi) is 3.93. The summed E-state index contributed by atoms with van der Waals surface area (Å²) < 4.78 is 11.4. The second kappa shape index (κ2) is 6.60. The van der Waals surface area contributed by atoms with Crippen molar-refractivity contribution in [1.82, 2.24) is 33.8 Å². The van der Waals surface area contributed by atoms with E-state index in [1.165, 1.54) is 11.5 Å². The molecule has 1 saturated heterocycles. The number of aryl methyl sites for hydroxylation is 1. The van der Waals surface area contributed by atoms with Crippen LogP contribution >= 0.6 is 11.5 Å². The Morgan fingerprint density at radius 2 is 2.32 bits per heavy atom. The van der Waals surface area contributed by atoms with Crippen molar-refractivity contribution >= 4 is 34.1 Å². The fourth-order valence-electron chi connectivity index (χ4n) is 3.12. The van der Waals surface area contributed by atoms with Gasteiger partial charge >= 0.3 is 6.09 Å². The summed E-state index contributed by atoms with van der Waals surface area (Å²) in [5.41, 5.74) is 4.23. The number of H-pyrrole nitrogens is 1. The van der Waals surface area contributed by atoms with Gasteiger partial charge in [0.05, 0.1) is 42.6 Å². The maximum absolute atomic E-state index is 11.6. The van der Waals surface area contributed by atoms with Crippen LogP contribution in [0.15, 0.2) is 30.9 Å². The van der Waals surface area contributed by atoms with E-state index < -0.39 is 0 Å². The largest absolute Gasteiger partial charge is 0.448 e. The zero-order chi connectivity index (χ0) is 19.1. The third-order valence-electron chi connectivity index (χ3n) is 4.41. The summed E-state index contributed by atoms with van der Waals surface area (Å²) in [6, 6.07) is 1.91. The van der Waals surface area contributed by atoms with Crippen LogP contribution in [0.25, 0.3) is 16.9 Å². The van der Waals surface area contributed by atoms with Gasteiger partial charge in [-0.05, 0) is 24.5 Å². The Morgan fingerprint density at radius 1 is 1.39 bits per heavy atom. The number of aromatic nitrogens is 6. The summed E-state index contributed by atoms with van der Waals surface area (Å²) in [5.74, 6) is 0.644. The monoisotopic (exact) mass is 396 g/mol. The number of amides is 1. The standard InChI is InChI=1S/C17H16N8O2S/c1-10-8-25-13(11-5-19-20-6-11)7-18-16(25)15(21-10)22-14-4-12(23-28-14)9-24-2-3-27-17(24)26/h4-8H,2-3,9H2,1H3,(H,19,20)(H,21,22). The second-order valence-electron chi connectivity index (χ2n) is 6.40. The molecule has 2 N–H and O–H groups in total. The van der Waals surface area contributed by atoms with Crippen molar-refractivity contribution in [2.75, 3.05) is 18.5 Å². The molecule has 0 unspecified atom stereocenters. The number of fused-ring (bicyclic) bond motifs is 1. The van der Waals surface area contributed by atoms with E-state index in [1.807, 2.05) is 29.8 Å². The van der Waals surface area contributed by atoms with Gasteiger partial charge in [0, 0.05) is 18.0 Å². The average Bonchev–Trinajstić information content (AvgIpc) is 3.44. The minimum Gasteiger partial charge on any atom is -0.448 e. The fourth-order valence-corrected chi connectivity index (χ4v) is 3.78. The minimum absolute atomic E-state index is 0.297. The lowest BCUT2D eigenvalue weighted by molar-refractivity contribution is 0.157. The minimum atomic E-state index is -0.297. The van der Waals surface area contributed by atoms with E-state index >= 15 is 0 Å². The number of carbonyl (C=O) groups excluding carboxylic acids is 1. The molecular weight excluding hydrogens is 380 g/mol. The number of imidazole rings is 1. The summed E-state index contributed by atoms with van der Waals surface area (Å²) in [4.78, 5) is 22.3. The molecule has 1 aliphatic heterocycles. The van der Waals surface area contributed by atoms with E-state index in [1.54, 1.807) is 17.3 Å². The van der Waals surface area contributed by atoms with Gasteiger partial charge in [0.25, 0.3) is 0 Å². The Bertz CT molecular complexity index is 1150. The summed E-state index contributed by atoms with van der Waals surface area (Å²) in [6.45, 7) is 3.38. The van der Waals surface area contributed by atoms with Gasteiger partial charge in [-0.3, -0.25) is 14.4 Å². The van der Waals surface area contributed by atoms with Crippen molar-refractivity contribution in [2.45, 2.75) is 13.5 Å². The number of hydrogen-bond donors (Lipinski definition) is 2. The topological polar surface area (TPSA) is 113 Å². The normalized spacial score (nSPS) is 14.0. The molecule has 4 aromatic rings. The summed E-state index contributed by atoms with van der Waals surface area (Å²) in [7, 11) is 0. The smallest absolute Gasteiger partial charge is 0.410 e. The number of aromatic amines is 1. The van der Waals surface area contributed by atoms with E-state index in [2.05, 4.69) is 29.9 Å². The van der Waals surface area contributed by atoms with Gasteiger partial charge in [-0.2, -0.15) is 9.47 Å². The van der Waals surface area contributed by atoms with E-state index in [0.29, 0.717) is 31.2 Å². The highest BCUT2D eigenvalue weighted by Gasteiger charge is 2.23. The predicted octanol–water partition coefficient (Wildman–Crippen LogP) is 2.58. The summed E-state index contributed by atoms with van der Waals surface area (Å²) in [5, 5.41) is 11.0. The van der Waals surface area contributed by atoms with Crippen LogP contribution in [-0.2, 0) is 11.3 Å². The first kappa shape index (κ1) is 16.7. The number of cyclic esters (lactones) is 1. The molecule has 0 aromatic carbocycles. The van der Waals surface area contributed by atoms with Crippen molar-refractivity contribution in [2.24, 2.45) is 0 Å². The molecule has 28 heavy (non-hydrogen) atoms. The molecule has 142 valence electrons. The van der Waals surface area contributed by atoms with Crippen LogP contribution in [0.2, 0.25) is 0 Å². The Hall–Kier alpha value is -3.47. The number of ether oxygens (including phenoxy) is 1. The maximum Gasteiger partial charge on any atom is 0.410 e. The summed E-state index contributed by atoms with van der Waals surface area (Å²) >= 11 is 1.32. The van der Waals surface area contributed by atoms with Gasteiger partial charge in [-0.25, -0.2) is 14.8 Å². The van der Waals surface area contributed by atoms with Crippen LogP contribution in [0.1, 0.15) is 11.4 Å². The third-order valence-corrected chi connectivity index (χ3v) is 5.15. The lowest BCUT2D eigenvalue weighted by Gasteiger charge is -2.09. The molecule has 5 rings (SSSR count). The third kappa shape index (κ3) is 2.95. The zero-order valence-corrected chi connectivity index (χ0v) is 15.7. The Balaban J connectivity index is 1.43. The van der Waals surface area contributed by atoms with Crippen molar-refractivity contribution in [3.63, 3.8) is 0 Å². The van der Waals surface area contributed by atoms with Gasteiger partial charge in [-0.1, -0.05) is 0 Å². The van der Waals surface area contributed by atoms with Crippen molar-refractivity contribution < 1.29 is 9.53 Å². The fraction of sp³-hybridized carbons (Fsp3) is 0.235. The average molecular weight is 396 g/mol. The lowest BCUT2D eigenvalue weighted by atomic mass is 10.3. The van der Waals surface area contributed by atoms with Gasteiger partial charge in [0.1, 0.15) is 11.6 Å². The Labute approximate surface area is 163 Å². The highest BCUT2D eigenvalue weighted by atomic mass is 32.1. The molecule has 1 amide bonds. The molecule has 11 heteroatoms. The molecule has 4 aromatic heterocycles. The van der Waals surface area contributed by atoms with Crippen LogP contribution in [0, 0.1) is 6.92 Å². The molecule has 0 spiro atoms. The highest BCUT2D eigenvalue weighted by Crippen LogP contribution is 2.27. The molecular formula is C17H16N8O2S. The van der Waals surface area contributed by atoms with Gasteiger partial charge < -0.3 is 10.1 Å². The quantitative estimate of drug-likeness (QED) is 0.533. The van der Waals surface area contributed by atoms with E-state index in [-0.39, 0.29) is 6.09 Å². The summed E-state index contributed by atoms with van der Waals surface area (Å²) in [6.07, 6.45) is 7.01. The molecule has 0 aliphatic carbocycles. The lowest BCUT2D eigenvalue weighted by Crippen LogP contribution is -2.23. The van der Waals surface area contributed by atoms with Gasteiger partial charge in [0.2, 0.25) is 0 Å². The maximum atomic E-state index is 11.6. The van der Waals surface area contributed by atoms with Crippen molar-refractivity contribution in [3.05, 3.63) is 42.2 Å². The second-order valence-corrected chi connectivity index (χ2v) is 7.20. The number of nitrogens with zero attached hydrogens (tertiary/aromatic N) is 6. The van der Waals surface area contributed by atoms with Gasteiger partial charge in [0.15, 0.2) is 11.5 Å². The van der Waals surface area contributed by atoms with Crippen LogP contribution < -0.4 is 5.32 Å². The molecule has 0 atom stereocenters. The van der Waals surface area contributed by atoms with Gasteiger partial charge in [-0.15, -0.1) is 0 Å². The molecule has 10 nitrogen and oxygen atoms in total. The van der Waals surface area contributed by atoms with Crippen LogP contribution in [0.3, 0.4) is 0 Å². The predicted molar refractivity (Wildman–Crippen MR) is 102 cm³/mol. The SMILES string of the molecule is Cc1cn2c(-c3cn[nH]c3)cnc2c(Nc2cc(CN3CCOC3=O)ns2)n1. The Morgan fingerprint density at radius 3 is 3.11 bits per heavy atom. The molecule has 1 fully saturated rings. The molecule has 1 aliphatic rings. The number of anilines is 2. The first-order chi connectivity index (χ1) is 13.7. The number of carbonyl (C=O) groups is 1. The van der Waals surface area contributed by atoms with Crippen LogP contribution in [0.4, 0.5) is 15.6 Å². The van der Waals surface area contributed by atoms with Crippen LogP contribution in [0.5, 0.6) is 0 Å². The number of rotatable bonds is 5. The highest BCUT2D eigenvalue weighted by molar-refractivity contribution is 7.10. The van der Waals surface area contributed by atoms with Crippen molar-refractivity contribution in [1.29, 1.82) is 0 Å². The van der Waals surface area contributed by atoms with Crippen LogP contribution in [-0.4, -0.2) is 53.1 Å². The zero-order valence-electron chi connectivity index (χ0n) is 14.9. The molecule has 5 heterocycles. The first-order valence-electron chi connectivity index (χ1n) is 8.65. The van der Waals surface area contributed by atoms with E-state index in [4.69, 9.17) is 4.74 Å². The van der Waals surface area contributed by atoms with E-state index in [0.717, 1.165) is 27.6 Å². The molecule has 0 saturated carbocycles. The van der Waals surface area contributed by atoms with Crippen molar-refractivity contribution in [3.8, 4) is 11.3 Å². The molecule has 0 radical (unpaired) electrons. The first-order valence-corrected chi connectivity index (χ1v) is 9.43. The number of nitrogens with one attached hydrogen (secondary N) is 2. The van der Waals surface area contributed by atoms with E-state index in [9.17, 15) is 4.79 Å². The molecule has 0 bridgehead atoms. The number of hydrogen-bond acceptors (Lipinski definition) is 8.